The van der Waals surface area contributed by atoms with Gasteiger partial charge < -0.3 is 15.5 Å². The number of rotatable bonds is 5. The monoisotopic (exact) mass is 453 g/mol. The zero-order valence-corrected chi connectivity index (χ0v) is 18.4. The molecule has 8 nitrogen and oxygen atoms in total. The molecule has 0 atom stereocenters. The number of anilines is 2. The first-order valence-electron chi connectivity index (χ1n) is 11.1. The highest BCUT2D eigenvalue weighted by Gasteiger charge is 2.25. The van der Waals surface area contributed by atoms with Gasteiger partial charge in [-0.3, -0.25) is 14.0 Å². The highest BCUT2D eigenvalue weighted by Crippen LogP contribution is 2.31. The summed E-state index contributed by atoms with van der Waals surface area (Å²) in [6.07, 6.45) is 2.76. The van der Waals surface area contributed by atoms with Crippen molar-refractivity contribution in [2.24, 2.45) is 0 Å². The summed E-state index contributed by atoms with van der Waals surface area (Å²) < 4.78 is 1.44. The van der Waals surface area contributed by atoms with Crippen molar-refractivity contribution in [1.82, 2.24) is 14.7 Å². The molecule has 0 bridgehead atoms. The van der Waals surface area contributed by atoms with Gasteiger partial charge in [-0.2, -0.15) is 0 Å². The molecule has 8 heteroatoms. The number of nitrogens with one attached hydrogen (secondary N) is 2. The Hall–Kier alpha value is -4.46. The molecule has 170 valence electrons. The van der Waals surface area contributed by atoms with E-state index in [9.17, 15) is 14.4 Å². The van der Waals surface area contributed by atoms with Gasteiger partial charge in [0.1, 0.15) is 5.65 Å². The molecular weight excluding hydrogens is 430 g/mol. The van der Waals surface area contributed by atoms with Crippen LogP contribution in [0.5, 0.6) is 0 Å². The third-order valence-corrected chi connectivity index (χ3v) is 5.79. The average Bonchev–Trinajstić information content (AvgIpc) is 3.27. The van der Waals surface area contributed by atoms with Gasteiger partial charge in [-0.1, -0.05) is 42.5 Å². The Labute approximate surface area is 195 Å². The summed E-state index contributed by atoms with van der Waals surface area (Å²) in [6, 6.07) is 21.5. The summed E-state index contributed by atoms with van der Waals surface area (Å²) in [7, 11) is 0. The van der Waals surface area contributed by atoms with E-state index in [1.165, 1.54) is 10.5 Å². The Kier molecular flexibility index (Phi) is 5.78. The highest BCUT2D eigenvalue weighted by atomic mass is 16.2. The molecule has 2 aromatic carbocycles. The Morgan fingerprint density at radius 1 is 0.971 bits per heavy atom. The molecule has 2 N–H and O–H groups in total. The minimum absolute atomic E-state index is 0.0280. The number of amides is 3. The van der Waals surface area contributed by atoms with Gasteiger partial charge in [0, 0.05) is 30.2 Å². The fourth-order valence-electron chi connectivity index (χ4n) is 4.12. The first kappa shape index (κ1) is 21.4. The van der Waals surface area contributed by atoms with Crippen molar-refractivity contribution < 1.29 is 9.59 Å². The first-order valence-corrected chi connectivity index (χ1v) is 11.1. The van der Waals surface area contributed by atoms with Crippen LogP contribution in [-0.4, -0.2) is 27.9 Å². The van der Waals surface area contributed by atoms with Crippen LogP contribution in [0.1, 0.15) is 16.8 Å². The Morgan fingerprint density at radius 3 is 2.65 bits per heavy atom. The molecule has 0 aliphatic carbocycles. The molecule has 1 aliphatic rings. The van der Waals surface area contributed by atoms with Crippen LogP contribution in [0.4, 0.5) is 16.2 Å². The number of fused-ring (bicyclic) bond motifs is 2. The maximum atomic E-state index is 12.9. The average molecular weight is 454 g/mol. The quantitative estimate of drug-likeness (QED) is 0.485. The number of carbonyl (C=O) groups is 2. The smallest absolute Gasteiger partial charge is 0.319 e. The Balaban J connectivity index is 1.24. The second-order valence-electron chi connectivity index (χ2n) is 8.12. The van der Waals surface area contributed by atoms with Crippen LogP contribution >= 0.6 is 0 Å². The van der Waals surface area contributed by atoms with E-state index in [2.05, 4.69) is 15.6 Å². The molecule has 3 amide bonds. The first-order chi connectivity index (χ1) is 16.6. The van der Waals surface area contributed by atoms with Crippen molar-refractivity contribution in [3.8, 4) is 0 Å². The molecular formula is C26H23N5O3. The molecule has 3 heterocycles. The largest absolute Gasteiger partial charge is 0.332 e. The van der Waals surface area contributed by atoms with Crippen LogP contribution in [0.25, 0.3) is 5.65 Å². The predicted molar refractivity (Wildman–Crippen MR) is 130 cm³/mol. The van der Waals surface area contributed by atoms with Gasteiger partial charge in [-0.15, -0.1) is 0 Å². The van der Waals surface area contributed by atoms with Gasteiger partial charge >= 0.3 is 6.03 Å². The van der Waals surface area contributed by atoms with Crippen LogP contribution in [-0.2, 0) is 24.2 Å². The third-order valence-electron chi connectivity index (χ3n) is 5.79. The maximum absolute atomic E-state index is 12.9. The number of urea groups is 1. The lowest BCUT2D eigenvalue weighted by Crippen LogP contribution is -2.31. The van der Waals surface area contributed by atoms with Crippen LogP contribution in [0.3, 0.4) is 0 Å². The molecule has 4 aromatic rings. The predicted octanol–water partition coefficient (Wildman–Crippen LogP) is 3.15. The zero-order chi connectivity index (χ0) is 23.5. The normalized spacial score (nSPS) is 12.4. The van der Waals surface area contributed by atoms with E-state index in [0.717, 1.165) is 23.2 Å². The van der Waals surface area contributed by atoms with E-state index in [1.54, 1.807) is 29.3 Å². The standard InChI is InChI=1S/C26H23N5O3/c32-24(14-18-6-2-1-3-7-18)30-13-11-19-9-10-20(15-22(19)30)29-26(34)27-17-21-16-25(33)31-12-5-4-8-23(31)28-21/h1-10,12,15-16H,11,13-14,17H2,(H2,27,29,34). The molecule has 2 aromatic heterocycles. The van der Waals surface area contributed by atoms with Crippen molar-refractivity contribution in [1.29, 1.82) is 0 Å². The summed E-state index contributed by atoms with van der Waals surface area (Å²) in [6.45, 7) is 0.735. The minimum atomic E-state index is -0.421. The SMILES string of the molecule is O=C(NCc1cc(=O)n2ccccc2n1)Nc1ccc2c(c1)N(C(=O)Cc1ccccc1)CC2. The van der Waals surface area contributed by atoms with Gasteiger partial charge in [0.15, 0.2) is 0 Å². The van der Waals surface area contributed by atoms with Crippen molar-refractivity contribution in [2.75, 3.05) is 16.8 Å². The van der Waals surface area contributed by atoms with Crippen molar-refractivity contribution in [3.05, 3.63) is 106 Å². The van der Waals surface area contributed by atoms with Gasteiger partial charge in [0.25, 0.3) is 5.56 Å². The van der Waals surface area contributed by atoms with Crippen molar-refractivity contribution in [2.45, 2.75) is 19.4 Å². The second kappa shape index (κ2) is 9.19. The molecule has 1 aliphatic heterocycles. The second-order valence-corrected chi connectivity index (χ2v) is 8.12. The van der Waals surface area contributed by atoms with Gasteiger partial charge in [0.2, 0.25) is 5.91 Å². The summed E-state index contributed by atoms with van der Waals surface area (Å²) in [4.78, 5) is 43.7. The van der Waals surface area contributed by atoms with Crippen LogP contribution in [0.15, 0.2) is 83.8 Å². The van der Waals surface area contributed by atoms with Crippen LogP contribution in [0.2, 0.25) is 0 Å². The van der Waals surface area contributed by atoms with E-state index in [0.29, 0.717) is 30.0 Å². The fourth-order valence-corrected chi connectivity index (χ4v) is 4.12. The zero-order valence-electron chi connectivity index (χ0n) is 18.4. The summed E-state index contributed by atoms with van der Waals surface area (Å²) in [5.74, 6) is 0.0280. The van der Waals surface area contributed by atoms with E-state index >= 15 is 0 Å². The lowest BCUT2D eigenvalue weighted by atomic mass is 10.1. The number of benzene rings is 2. The molecule has 0 fully saturated rings. The van der Waals surface area contributed by atoms with E-state index in [1.807, 2.05) is 48.5 Å². The lowest BCUT2D eigenvalue weighted by molar-refractivity contribution is -0.117. The number of hydrogen-bond donors (Lipinski definition) is 2. The molecule has 0 radical (unpaired) electrons. The number of pyridine rings is 1. The summed E-state index contributed by atoms with van der Waals surface area (Å²) >= 11 is 0. The lowest BCUT2D eigenvalue weighted by Gasteiger charge is -2.18. The van der Waals surface area contributed by atoms with Gasteiger partial charge in [-0.05, 0) is 41.8 Å². The molecule has 0 saturated heterocycles. The van der Waals surface area contributed by atoms with Crippen LogP contribution < -0.4 is 21.1 Å². The topological polar surface area (TPSA) is 95.8 Å². The molecule has 0 spiro atoms. The number of hydrogen-bond acceptors (Lipinski definition) is 4. The minimum Gasteiger partial charge on any atom is -0.332 e. The van der Waals surface area contributed by atoms with E-state index in [4.69, 9.17) is 0 Å². The highest BCUT2D eigenvalue weighted by molar-refractivity contribution is 5.98. The van der Waals surface area contributed by atoms with E-state index in [-0.39, 0.29) is 18.0 Å². The molecule has 5 rings (SSSR count). The van der Waals surface area contributed by atoms with Gasteiger partial charge in [0.05, 0.1) is 18.7 Å². The molecule has 34 heavy (non-hydrogen) atoms. The van der Waals surface area contributed by atoms with Crippen molar-refractivity contribution in [3.63, 3.8) is 0 Å². The van der Waals surface area contributed by atoms with Crippen molar-refractivity contribution >= 4 is 29.0 Å². The fraction of sp³-hybridized carbons (Fsp3) is 0.154. The molecule has 0 unspecified atom stereocenters. The Morgan fingerprint density at radius 2 is 1.79 bits per heavy atom. The van der Waals surface area contributed by atoms with Crippen LogP contribution in [0, 0.1) is 0 Å². The van der Waals surface area contributed by atoms with E-state index < -0.39 is 6.03 Å². The Bertz CT molecular complexity index is 1430. The maximum Gasteiger partial charge on any atom is 0.319 e. The number of aromatic nitrogens is 2. The number of nitrogens with zero attached hydrogens (tertiary/aromatic N) is 3. The van der Waals surface area contributed by atoms with Gasteiger partial charge in [-0.25, -0.2) is 9.78 Å². The summed E-state index contributed by atoms with van der Waals surface area (Å²) in [5.41, 5.74) is 4.24. The third kappa shape index (κ3) is 4.52. The number of carbonyl (C=O) groups excluding carboxylic acids is 2. The summed E-state index contributed by atoms with van der Waals surface area (Å²) in [5, 5.41) is 5.54. The molecule has 0 saturated carbocycles.